The number of aliphatic carboxylic acids is 2. The quantitative estimate of drug-likeness (QED) is 0.156. The summed E-state index contributed by atoms with van der Waals surface area (Å²) in [4.78, 5) is 49.5. The van der Waals surface area contributed by atoms with Crippen LogP contribution in [0.2, 0.25) is 0 Å². The van der Waals surface area contributed by atoms with E-state index >= 15 is 0 Å². The van der Waals surface area contributed by atoms with Crippen molar-refractivity contribution in [2.75, 3.05) is 33.2 Å². The number of carbonyl (C=O) groups excluding carboxylic acids is 2. The van der Waals surface area contributed by atoms with E-state index in [0.717, 1.165) is 12.0 Å². The molecule has 2 amide bonds. The molecule has 4 atom stereocenters. The molecule has 1 saturated carbocycles. The molecular weight excluding hydrogens is 502 g/mol. The van der Waals surface area contributed by atoms with Crippen molar-refractivity contribution in [2.24, 2.45) is 5.92 Å². The first-order valence-electron chi connectivity index (χ1n) is 13.6. The molecule has 3 rings (SSSR count). The van der Waals surface area contributed by atoms with Crippen LogP contribution in [-0.2, 0) is 25.6 Å². The molecule has 1 heterocycles. The van der Waals surface area contributed by atoms with Crippen LogP contribution in [-0.4, -0.2) is 89.7 Å². The number of likely N-dealkylation sites (tertiary alicyclic amines) is 1. The minimum absolute atomic E-state index is 0.0610. The summed E-state index contributed by atoms with van der Waals surface area (Å²) < 4.78 is 0. The minimum atomic E-state index is -0.951. The number of nitrogens with one attached hydrogen (secondary N) is 4. The Hall–Kier alpha value is -3.44. The van der Waals surface area contributed by atoms with E-state index in [4.69, 9.17) is 0 Å². The van der Waals surface area contributed by atoms with E-state index in [1.165, 1.54) is 0 Å². The molecule has 1 saturated heterocycles. The minimum Gasteiger partial charge on any atom is -0.480 e. The Kier molecular flexibility index (Phi) is 10.9. The van der Waals surface area contributed by atoms with Crippen molar-refractivity contribution in [3.8, 4) is 0 Å². The number of amides is 2. The Labute approximate surface area is 229 Å². The first-order chi connectivity index (χ1) is 18.7. The van der Waals surface area contributed by atoms with Crippen LogP contribution in [0.4, 0.5) is 0 Å². The van der Waals surface area contributed by atoms with Crippen LogP contribution in [0.5, 0.6) is 0 Å². The maximum Gasteiger partial charge on any atom is 0.326 e. The third kappa shape index (κ3) is 8.27. The molecule has 214 valence electrons. The monoisotopic (exact) mass is 543 g/mol. The molecule has 39 heavy (non-hydrogen) atoms. The van der Waals surface area contributed by atoms with Gasteiger partial charge in [0.25, 0.3) is 0 Å². The zero-order valence-corrected chi connectivity index (χ0v) is 22.6. The number of likely N-dealkylation sites (N-methyl/N-ethyl adjacent to an activating group) is 1. The van der Waals surface area contributed by atoms with Gasteiger partial charge in [-0.2, -0.15) is 0 Å². The van der Waals surface area contributed by atoms with Crippen molar-refractivity contribution in [2.45, 2.75) is 62.6 Å². The van der Waals surface area contributed by atoms with E-state index in [2.05, 4.69) is 27.8 Å². The van der Waals surface area contributed by atoms with Crippen LogP contribution in [0, 0.1) is 5.92 Å². The first-order valence-corrected chi connectivity index (χ1v) is 13.6. The van der Waals surface area contributed by atoms with E-state index in [-0.39, 0.29) is 30.8 Å². The average molecular weight is 544 g/mol. The number of benzene rings is 1. The fraction of sp³-hybridized carbons (Fsp3) is 0.571. The molecular formula is C28H41N5O6. The van der Waals surface area contributed by atoms with Crippen molar-refractivity contribution >= 4 is 23.8 Å². The topological polar surface area (TPSA) is 160 Å². The molecule has 11 nitrogen and oxygen atoms in total. The van der Waals surface area contributed by atoms with Gasteiger partial charge in [-0.25, -0.2) is 4.79 Å². The van der Waals surface area contributed by atoms with Gasteiger partial charge < -0.3 is 31.1 Å². The second kappa shape index (κ2) is 14.1. The number of carbonyl (C=O) groups is 4. The second-order valence-electron chi connectivity index (χ2n) is 10.4. The Balaban J connectivity index is 1.62. The van der Waals surface area contributed by atoms with Gasteiger partial charge in [0.05, 0.1) is 18.6 Å². The lowest BCUT2D eigenvalue weighted by Gasteiger charge is -2.35. The number of hydrogen-bond donors (Lipinski definition) is 6. The van der Waals surface area contributed by atoms with E-state index < -0.39 is 29.6 Å². The third-order valence-electron chi connectivity index (χ3n) is 7.63. The summed E-state index contributed by atoms with van der Waals surface area (Å²) in [6, 6.07) is 8.22. The van der Waals surface area contributed by atoms with Gasteiger partial charge in [0.1, 0.15) is 12.1 Å². The lowest BCUT2D eigenvalue weighted by molar-refractivity contribution is -0.142. The maximum atomic E-state index is 12.3. The van der Waals surface area contributed by atoms with Crippen molar-refractivity contribution in [3.05, 3.63) is 48.2 Å². The number of carboxylic acid groups (broad SMARTS) is 2. The first kappa shape index (κ1) is 30.1. The van der Waals surface area contributed by atoms with Crippen molar-refractivity contribution in [1.82, 2.24) is 26.2 Å². The molecule has 11 heteroatoms. The highest BCUT2D eigenvalue weighted by molar-refractivity contribution is 5.85. The molecule has 2 aliphatic rings. The Morgan fingerprint density at radius 1 is 1.10 bits per heavy atom. The predicted octanol–water partition coefficient (Wildman–Crippen LogP) is 0.715. The number of hydrogen-bond acceptors (Lipinski definition) is 7. The lowest BCUT2D eigenvalue weighted by atomic mass is 10.00. The predicted molar refractivity (Wildman–Crippen MR) is 146 cm³/mol. The van der Waals surface area contributed by atoms with Gasteiger partial charge >= 0.3 is 11.9 Å². The van der Waals surface area contributed by atoms with Crippen molar-refractivity contribution < 1.29 is 29.4 Å². The zero-order chi connectivity index (χ0) is 28.4. The maximum absolute atomic E-state index is 12.3. The van der Waals surface area contributed by atoms with Gasteiger partial charge in [0, 0.05) is 18.8 Å². The lowest BCUT2D eigenvalue weighted by Crippen LogP contribution is -2.51. The van der Waals surface area contributed by atoms with Gasteiger partial charge in [0.15, 0.2) is 0 Å². The molecule has 2 fully saturated rings. The summed E-state index contributed by atoms with van der Waals surface area (Å²) in [5, 5.41) is 31.2. The van der Waals surface area contributed by atoms with E-state index in [1.807, 2.05) is 35.2 Å². The van der Waals surface area contributed by atoms with Gasteiger partial charge in [0.2, 0.25) is 11.8 Å². The Morgan fingerprint density at radius 2 is 1.82 bits per heavy atom. The summed E-state index contributed by atoms with van der Waals surface area (Å²) in [7, 11) is 1.65. The summed E-state index contributed by atoms with van der Waals surface area (Å²) >= 11 is 0. The van der Waals surface area contributed by atoms with Gasteiger partial charge in [-0.05, 0) is 63.5 Å². The number of aryl methyl sites for hydroxylation is 1. The molecule has 6 N–H and O–H groups in total. The molecule has 0 radical (unpaired) electrons. The summed E-state index contributed by atoms with van der Waals surface area (Å²) in [5.41, 5.74) is 0.983. The van der Waals surface area contributed by atoms with Crippen LogP contribution in [0.15, 0.2) is 42.6 Å². The summed E-state index contributed by atoms with van der Waals surface area (Å²) in [6.45, 7) is 5.31. The standard InChI is InChI=1S/C28H41N5O6/c1-19(33-15-7-11-23(33)27(38)39)28(32-22(26(36)37)13-12-20-8-4-3-5-9-20)16-21(28)10-6-14-30-25(35)18-31-24(34)17-29-2/h3-5,8-9,21-23,29,32H,1,6-7,10-18H2,2H3,(H,30,35)(H,31,34)(H,36,37)(H,38,39)/t21-,22?,23?,28?/m1/s1. The molecule has 0 spiro atoms. The molecule has 1 aliphatic heterocycles. The number of nitrogens with zero attached hydrogens (tertiary/aromatic N) is 1. The highest BCUT2D eigenvalue weighted by atomic mass is 16.4. The van der Waals surface area contributed by atoms with Crippen LogP contribution in [0.1, 0.15) is 44.1 Å². The summed E-state index contributed by atoms with van der Waals surface area (Å²) in [5.74, 6) is -2.33. The van der Waals surface area contributed by atoms with E-state index in [1.54, 1.807) is 7.05 Å². The van der Waals surface area contributed by atoms with Crippen LogP contribution < -0.4 is 21.3 Å². The average Bonchev–Trinajstić information content (AvgIpc) is 3.37. The third-order valence-corrected chi connectivity index (χ3v) is 7.63. The fourth-order valence-electron chi connectivity index (χ4n) is 5.46. The Bertz CT molecular complexity index is 1030. The zero-order valence-electron chi connectivity index (χ0n) is 22.6. The molecule has 3 unspecified atom stereocenters. The molecule has 1 aliphatic carbocycles. The van der Waals surface area contributed by atoms with Gasteiger partial charge in [-0.15, -0.1) is 0 Å². The molecule has 1 aromatic carbocycles. The van der Waals surface area contributed by atoms with Crippen molar-refractivity contribution in [1.29, 1.82) is 0 Å². The molecule has 0 bridgehead atoms. The van der Waals surface area contributed by atoms with Crippen LogP contribution in [0.25, 0.3) is 0 Å². The fourth-order valence-corrected chi connectivity index (χ4v) is 5.46. The smallest absolute Gasteiger partial charge is 0.326 e. The van der Waals surface area contributed by atoms with E-state index in [9.17, 15) is 29.4 Å². The van der Waals surface area contributed by atoms with Gasteiger partial charge in [-0.3, -0.25) is 19.7 Å². The normalized spacial score (nSPS) is 22.6. The second-order valence-corrected chi connectivity index (χ2v) is 10.4. The highest BCUT2D eigenvalue weighted by Gasteiger charge is 2.59. The SMILES string of the molecule is C=C(N1CCCC1C(=O)O)C1(NC(CCc2ccccc2)C(=O)O)C[C@H]1CCCNC(=O)CNC(=O)CNC. The molecule has 1 aromatic rings. The van der Waals surface area contributed by atoms with Gasteiger partial charge in [-0.1, -0.05) is 36.9 Å². The summed E-state index contributed by atoms with van der Waals surface area (Å²) in [6.07, 6.45) is 4.26. The number of rotatable bonds is 17. The molecule has 0 aromatic heterocycles. The van der Waals surface area contributed by atoms with Crippen molar-refractivity contribution in [3.63, 3.8) is 0 Å². The largest absolute Gasteiger partial charge is 0.480 e. The van der Waals surface area contributed by atoms with E-state index in [0.29, 0.717) is 57.3 Å². The van der Waals surface area contributed by atoms with Crippen LogP contribution >= 0.6 is 0 Å². The Morgan fingerprint density at radius 3 is 2.49 bits per heavy atom. The number of carboxylic acids is 2. The van der Waals surface area contributed by atoms with Crippen LogP contribution in [0.3, 0.4) is 0 Å². The highest BCUT2D eigenvalue weighted by Crippen LogP contribution is 2.53.